The lowest BCUT2D eigenvalue weighted by atomic mass is 10.2. The highest BCUT2D eigenvalue weighted by atomic mass is 35.5. The van der Waals surface area contributed by atoms with Gasteiger partial charge in [-0.1, -0.05) is 46.9 Å². The number of thiophene rings is 1. The van der Waals surface area contributed by atoms with Crippen molar-refractivity contribution in [3.05, 3.63) is 67.6 Å². The smallest absolute Gasteiger partial charge is 0.363 e. The third-order valence-electron chi connectivity index (χ3n) is 3.88. The first kappa shape index (κ1) is 18.3. The summed E-state index contributed by atoms with van der Waals surface area (Å²) in [7, 11) is 1.59. The van der Waals surface area contributed by atoms with Gasteiger partial charge in [-0.05, 0) is 35.9 Å². The van der Waals surface area contributed by atoms with Crippen molar-refractivity contribution in [3.63, 3.8) is 0 Å². The van der Waals surface area contributed by atoms with E-state index in [1.807, 2.05) is 12.1 Å². The molecule has 0 aliphatic carbocycles. The zero-order valence-corrected chi connectivity index (χ0v) is 16.8. The number of carbonyl (C=O) groups excluding carboxylic acids is 1. The molecule has 2 aromatic carbocycles. The fourth-order valence-electron chi connectivity index (χ4n) is 2.61. The van der Waals surface area contributed by atoms with Crippen molar-refractivity contribution in [2.24, 2.45) is 4.99 Å². The largest absolute Gasteiger partial charge is 0.497 e. The van der Waals surface area contributed by atoms with Crippen LogP contribution in [0.4, 0.5) is 0 Å². The lowest BCUT2D eigenvalue weighted by Gasteiger charge is -1.99. The van der Waals surface area contributed by atoms with E-state index in [0.717, 1.165) is 16.0 Å². The predicted molar refractivity (Wildman–Crippen MR) is 110 cm³/mol. The van der Waals surface area contributed by atoms with Gasteiger partial charge in [-0.3, -0.25) is 0 Å². The molecule has 0 fully saturated rings. The number of esters is 1. The lowest BCUT2D eigenvalue weighted by molar-refractivity contribution is -0.129. The first-order chi connectivity index (χ1) is 13.0. The highest BCUT2D eigenvalue weighted by molar-refractivity contribution is 7.21. The van der Waals surface area contributed by atoms with E-state index in [-0.39, 0.29) is 11.6 Å². The number of hydrogen-bond donors (Lipinski definition) is 0. The Labute approximate surface area is 173 Å². The molecule has 2 heterocycles. The van der Waals surface area contributed by atoms with Crippen LogP contribution in [0.3, 0.4) is 0 Å². The Bertz CT molecular complexity index is 1130. The second-order valence-corrected chi connectivity index (χ2v) is 7.89. The Morgan fingerprint density at radius 2 is 1.89 bits per heavy atom. The molecule has 1 aromatic heterocycles. The van der Waals surface area contributed by atoms with Crippen molar-refractivity contribution in [2.45, 2.75) is 0 Å². The Kier molecular flexibility index (Phi) is 4.86. The molecule has 27 heavy (non-hydrogen) atoms. The van der Waals surface area contributed by atoms with Crippen LogP contribution in [0, 0.1) is 0 Å². The van der Waals surface area contributed by atoms with Crippen LogP contribution >= 0.6 is 46.1 Å². The van der Waals surface area contributed by atoms with Gasteiger partial charge in [0.2, 0.25) is 5.90 Å². The number of cyclic esters (lactones) is 1. The molecule has 3 aromatic rings. The Morgan fingerprint density at radius 1 is 1.15 bits per heavy atom. The summed E-state index contributed by atoms with van der Waals surface area (Å²) in [5.74, 6) is 0.333. The number of carbonyl (C=O) groups is 1. The molecule has 1 aliphatic heterocycles. The quantitative estimate of drug-likeness (QED) is 0.360. The number of methoxy groups -OCH3 is 1. The monoisotopic (exact) mass is 437 g/mol. The Hall–Kier alpha value is -2.05. The van der Waals surface area contributed by atoms with Gasteiger partial charge >= 0.3 is 5.97 Å². The summed E-state index contributed by atoms with van der Waals surface area (Å²) >= 11 is 20.1. The third kappa shape index (κ3) is 3.44. The fourth-order valence-corrected chi connectivity index (χ4v) is 4.91. The molecule has 0 saturated carbocycles. The maximum atomic E-state index is 12.2. The highest BCUT2D eigenvalue weighted by Gasteiger charge is 2.28. The van der Waals surface area contributed by atoms with Gasteiger partial charge in [0.1, 0.15) is 10.6 Å². The topological polar surface area (TPSA) is 47.9 Å². The van der Waals surface area contributed by atoms with Gasteiger partial charge in [-0.2, -0.15) is 0 Å². The van der Waals surface area contributed by atoms with Crippen molar-refractivity contribution in [3.8, 4) is 5.75 Å². The molecule has 4 rings (SSSR count). The fraction of sp³-hybridized carbons (Fsp3) is 0.0526. The van der Waals surface area contributed by atoms with Gasteiger partial charge in [0.25, 0.3) is 0 Å². The SMILES string of the molecule is COc1ccc(/C=C2\N=C(c3sc4cc(Cl)cc(Cl)c4c3Cl)OC2=O)cc1. The van der Waals surface area contributed by atoms with Gasteiger partial charge < -0.3 is 9.47 Å². The molecule has 8 heteroatoms. The second-order valence-electron chi connectivity index (χ2n) is 5.62. The summed E-state index contributed by atoms with van der Waals surface area (Å²) in [6, 6.07) is 10.6. The van der Waals surface area contributed by atoms with E-state index in [1.165, 1.54) is 11.3 Å². The number of aliphatic imine (C=N–C) groups is 1. The van der Waals surface area contributed by atoms with Crippen LogP contribution in [0.2, 0.25) is 15.1 Å². The molecule has 0 saturated heterocycles. The number of ether oxygens (including phenoxy) is 2. The first-order valence-corrected chi connectivity index (χ1v) is 9.65. The van der Waals surface area contributed by atoms with Gasteiger partial charge in [0, 0.05) is 15.1 Å². The predicted octanol–water partition coefficient (Wildman–Crippen LogP) is 6.21. The number of hydrogen-bond acceptors (Lipinski definition) is 5. The maximum Gasteiger partial charge on any atom is 0.363 e. The molecule has 136 valence electrons. The summed E-state index contributed by atoms with van der Waals surface area (Å²) < 4.78 is 11.2. The average molecular weight is 439 g/mol. The molecule has 0 unspecified atom stereocenters. The number of nitrogens with zero attached hydrogens (tertiary/aromatic N) is 1. The van der Waals surface area contributed by atoms with Gasteiger partial charge in [-0.25, -0.2) is 9.79 Å². The molecular weight excluding hydrogens is 429 g/mol. The van der Waals surface area contributed by atoms with Crippen molar-refractivity contribution in [1.29, 1.82) is 0 Å². The summed E-state index contributed by atoms with van der Waals surface area (Å²) in [5.41, 5.74) is 0.984. The van der Waals surface area contributed by atoms with E-state index in [4.69, 9.17) is 44.3 Å². The standard InChI is InChI=1S/C19H10Cl3NO3S/c1-25-11-4-2-9(3-5-11)6-13-19(24)26-18(23-13)17-16(22)15-12(21)7-10(20)8-14(15)27-17/h2-8H,1H3/b13-6-. The second kappa shape index (κ2) is 7.17. The maximum absolute atomic E-state index is 12.2. The summed E-state index contributed by atoms with van der Waals surface area (Å²) in [5, 5.41) is 1.98. The van der Waals surface area contributed by atoms with E-state index in [0.29, 0.717) is 25.3 Å². The zero-order chi connectivity index (χ0) is 19.1. The van der Waals surface area contributed by atoms with Crippen LogP contribution in [-0.2, 0) is 9.53 Å². The third-order valence-corrected chi connectivity index (χ3v) is 6.01. The van der Waals surface area contributed by atoms with Crippen LogP contribution in [0.5, 0.6) is 5.75 Å². The van der Waals surface area contributed by atoms with Crippen LogP contribution in [0.25, 0.3) is 16.2 Å². The van der Waals surface area contributed by atoms with E-state index in [2.05, 4.69) is 4.99 Å². The minimum absolute atomic E-state index is 0.151. The molecular formula is C19H10Cl3NO3S. The van der Waals surface area contributed by atoms with Crippen LogP contribution in [0.1, 0.15) is 10.4 Å². The molecule has 0 atom stereocenters. The normalized spacial score (nSPS) is 15.3. The molecule has 4 nitrogen and oxygen atoms in total. The van der Waals surface area contributed by atoms with Crippen LogP contribution in [0.15, 0.2) is 47.1 Å². The molecule has 0 amide bonds. The molecule has 0 bridgehead atoms. The number of fused-ring (bicyclic) bond motifs is 1. The van der Waals surface area contributed by atoms with E-state index in [1.54, 1.807) is 37.5 Å². The number of benzene rings is 2. The Balaban J connectivity index is 1.74. The average Bonchev–Trinajstić information content (AvgIpc) is 3.15. The minimum Gasteiger partial charge on any atom is -0.497 e. The first-order valence-electron chi connectivity index (χ1n) is 7.70. The van der Waals surface area contributed by atoms with E-state index < -0.39 is 5.97 Å². The van der Waals surface area contributed by atoms with Crippen molar-refractivity contribution in [1.82, 2.24) is 0 Å². The zero-order valence-electron chi connectivity index (χ0n) is 13.8. The summed E-state index contributed by atoms with van der Waals surface area (Å²) in [4.78, 5) is 17.1. The van der Waals surface area contributed by atoms with Gasteiger partial charge in [-0.15, -0.1) is 11.3 Å². The highest BCUT2D eigenvalue weighted by Crippen LogP contribution is 2.42. The van der Waals surface area contributed by atoms with Crippen LogP contribution < -0.4 is 4.74 Å². The lowest BCUT2D eigenvalue weighted by Crippen LogP contribution is -2.04. The number of rotatable bonds is 3. The van der Waals surface area contributed by atoms with Gasteiger partial charge in [0.15, 0.2) is 5.70 Å². The van der Waals surface area contributed by atoms with E-state index in [9.17, 15) is 4.79 Å². The van der Waals surface area contributed by atoms with E-state index >= 15 is 0 Å². The van der Waals surface area contributed by atoms with Crippen molar-refractivity contribution in [2.75, 3.05) is 7.11 Å². The molecule has 0 radical (unpaired) electrons. The van der Waals surface area contributed by atoms with Crippen molar-refractivity contribution >= 4 is 74.2 Å². The molecule has 0 spiro atoms. The number of halogens is 3. The minimum atomic E-state index is -0.543. The summed E-state index contributed by atoms with van der Waals surface area (Å²) in [6.07, 6.45) is 1.64. The molecule has 1 aliphatic rings. The van der Waals surface area contributed by atoms with Gasteiger partial charge in [0.05, 0.1) is 17.2 Å². The Morgan fingerprint density at radius 3 is 2.59 bits per heavy atom. The molecule has 0 N–H and O–H groups in total. The summed E-state index contributed by atoms with van der Waals surface area (Å²) in [6.45, 7) is 0. The van der Waals surface area contributed by atoms with Crippen LogP contribution in [-0.4, -0.2) is 19.0 Å². The van der Waals surface area contributed by atoms with Crippen molar-refractivity contribution < 1.29 is 14.3 Å².